The Balaban J connectivity index is 1.71. The Morgan fingerprint density at radius 3 is 0.904 bits per heavy atom. The van der Waals surface area contributed by atoms with Crippen molar-refractivity contribution in [1.82, 2.24) is 0 Å². The van der Waals surface area contributed by atoms with E-state index in [4.69, 9.17) is 0 Å². The van der Waals surface area contributed by atoms with Crippen LogP contribution in [0.3, 0.4) is 0 Å². The minimum Gasteiger partial charge on any atom is -0.326 e. The van der Waals surface area contributed by atoms with E-state index < -0.39 is 35.5 Å². The average molecular weight is 703 g/mol. The van der Waals surface area contributed by atoms with Gasteiger partial charge < -0.3 is 21.3 Å². The summed E-state index contributed by atoms with van der Waals surface area (Å²) in [6.07, 6.45) is -0.663. The first-order valence-electron chi connectivity index (χ1n) is 18.3. The maximum Gasteiger partial charge on any atom is 0.228 e. The van der Waals surface area contributed by atoms with Crippen molar-refractivity contribution < 1.29 is 19.2 Å². The number of carbonyl (C=O) groups excluding carboxylic acids is 4. The molecule has 8 heteroatoms. The quantitative estimate of drug-likeness (QED) is 0.0987. The van der Waals surface area contributed by atoms with Crippen LogP contribution in [0.2, 0.25) is 0 Å². The molecule has 0 aliphatic carbocycles. The Hall–Kier alpha value is -5.24. The normalized spacial score (nSPS) is 12.5. The molecule has 0 saturated carbocycles. The number of nitrogens with one attached hydrogen (secondary N) is 4. The fourth-order valence-electron chi connectivity index (χ4n) is 6.03. The number of hydrogen-bond acceptors (Lipinski definition) is 4. The highest BCUT2D eigenvalue weighted by molar-refractivity contribution is 6.05. The summed E-state index contributed by atoms with van der Waals surface area (Å²) in [5.74, 6) is -3.40. The van der Waals surface area contributed by atoms with Crippen LogP contribution in [0, 0.1) is 11.8 Å². The van der Waals surface area contributed by atoms with Gasteiger partial charge in [0, 0.05) is 35.6 Å². The SMILES string of the molecule is CC(C)c1cccc(NC(=O)CC(C(=O)Nc2cccc(C(C)C)c2)C(CC(=O)Nc2cccc(C(C)C)c2)C(=O)Nc2cccc(C(C)C)c2)c1. The minimum absolute atomic E-state index is 0.220. The zero-order valence-corrected chi connectivity index (χ0v) is 31.7. The molecule has 2 unspecified atom stereocenters. The Morgan fingerprint density at radius 1 is 0.404 bits per heavy atom. The molecular weight excluding hydrogens is 649 g/mol. The van der Waals surface area contributed by atoms with Crippen molar-refractivity contribution in [3.8, 4) is 0 Å². The first kappa shape index (κ1) is 39.5. The second-order valence-corrected chi connectivity index (χ2v) is 14.8. The van der Waals surface area contributed by atoms with Gasteiger partial charge in [0.25, 0.3) is 0 Å². The number of carbonyl (C=O) groups is 4. The summed E-state index contributed by atoms with van der Waals surface area (Å²) in [5, 5.41) is 11.8. The molecule has 0 fully saturated rings. The molecule has 274 valence electrons. The topological polar surface area (TPSA) is 116 Å². The number of benzene rings is 4. The van der Waals surface area contributed by atoms with Crippen LogP contribution in [-0.2, 0) is 19.2 Å². The minimum atomic E-state index is -1.20. The van der Waals surface area contributed by atoms with Gasteiger partial charge in [0.15, 0.2) is 0 Å². The fraction of sp³-hybridized carbons (Fsp3) is 0.364. The Bertz CT molecular complexity index is 1730. The summed E-state index contributed by atoms with van der Waals surface area (Å²) in [7, 11) is 0. The highest BCUT2D eigenvalue weighted by Gasteiger charge is 2.37. The van der Waals surface area contributed by atoms with Crippen molar-refractivity contribution in [3.63, 3.8) is 0 Å². The maximum atomic E-state index is 14.3. The maximum absolute atomic E-state index is 14.3. The highest BCUT2D eigenvalue weighted by atomic mass is 16.2. The van der Waals surface area contributed by atoms with Crippen LogP contribution >= 0.6 is 0 Å². The largest absolute Gasteiger partial charge is 0.326 e. The van der Waals surface area contributed by atoms with Crippen LogP contribution < -0.4 is 21.3 Å². The molecule has 4 aromatic rings. The number of hydrogen-bond donors (Lipinski definition) is 4. The van der Waals surface area contributed by atoms with Crippen molar-refractivity contribution in [2.45, 2.75) is 91.9 Å². The molecule has 0 bridgehead atoms. The van der Waals surface area contributed by atoms with Gasteiger partial charge in [-0.3, -0.25) is 19.2 Å². The van der Waals surface area contributed by atoms with Crippen LogP contribution in [0.5, 0.6) is 0 Å². The van der Waals surface area contributed by atoms with Gasteiger partial charge in [0.1, 0.15) is 0 Å². The van der Waals surface area contributed by atoms with Gasteiger partial charge in [-0.15, -0.1) is 0 Å². The third-order valence-corrected chi connectivity index (χ3v) is 9.29. The molecule has 0 heterocycles. The van der Waals surface area contributed by atoms with Gasteiger partial charge in [-0.25, -0.2) is 0 Å². The second kappa shape index (κ2) is 18.3. The lowest BCUT2D eigenvalue weighted by molar-refractivity contribution is -0.134. The lowest BCUT2D eigenvalue weighted by Gasteiger charge is -2.26. The second-order valence-electron chi connectivity index (χ2n) is 14.8. The smallest absolute Gasteiger partial charge is 0.228 e. The van der Waals surface area contributed by atoms with Crippen molar-refractivity contribution >= 4 is 46.4 Å². The van der Waals surface area contributed by atoms with E-state index in [0.717, 1.165) is 22.3 Å². The van der Waals surface area contributed by atoms with Crippen LogP contribution in [0.1, 0.15) is 114 Å². The summed E-state index contributed by atoms with van der Waals surface area (Å²) in [4.78, 5) is 56.2. The first-order valence-corrected chi connectivity index (χ1v) is 18.3. The third kappa shape index (κ3) is 11.4. The Labute approximate surface area is 309 Å². The molecule has 0 spiro atoms. The van der Waals surface area contributed by atoms with E-state index in [2.05, 4.69) is 76.7 Å². The van der Waals surface area contributed by atoms with Crippen LogP contribution in [-0.4, -0.2) is 23.6 Å². The molecule has 4 rings (SSSR count). The molecule has 4 N–H and O–H groups in total. The van der Waals surface area contributed by atoms with E-state index in [1.165, 1.54) is 0 Å². The Kier molecular flexibility index (Phi) is 13.9. The molecule has 0 radical (unpaired) electrons. The molecule has 4 aromatic carbocycles. The summed E-state index contributed by atoms with van der Waals surface area (Å²) in [6, 6.07) is 30.1. The predicted molar refractivity (Wildman–Crippen MR) is 213 cm³/mol. The monoisotopic (exact) mass is 702 g/mol. The molecule has 2 atom stereocenters. The zero-order valence-electron chi connectivity index (χ0n) is 31.7. The van der Waals surface area contributed by atoms with E-state index in [1.54, 1.807) is 24.3 Å². The number of amides is 4. The highest BCUT2D eigenvalue weighted by Crippen LogP contribution is 2.29. The van der Waals surface area contributed by atoms with Gasteiger partial charge in [-0.2, -0.15) is 0 Å². The summed E-state index contributed by atoms with van der Waals surface area (Å²) in [5.41, 5.74) is 6.44. The van der Waals surface area contributed by atoms with Crippen molar-refractivity contribution in [2.24, 2.45) is 11.8 Å². The predicted octanol–water partition coefficient (Wildman–Crippen LogP) is 10.0. The average Bonchev–Trinajstić information content (AvgIpc) is 3.10. The Morgan fingerprint density at radius 2 is 0.654 bits per heavy atom. The molecule has 52 heavy (non-hydrogen) atoms. The first-order chi connectivity index (χ1) is 24.7. The van der Waals surface area contributed by atoms with E-state index in [9.17, 15) is 19.2 Å². The summed E-state index contributed by atoms with van der Waals surface area (Å²) >= 11 is 0. The van der Waals surface area contributed by atoms with Gasteiger partial charge >= 0.3 is 0 Å². The zero-order chi connectivity index (χ0) is 37.9. The summed E-state index contributed by atoms with van der Waals surface area (Å²) < 4.78 is 0. The molecule has 4 amide bonds. The fourth-order valence-corrected chi connectivity index (χ4v) is 6.03. The van der Waals surface area contributed by atoms with E-state index >= 15 is 0 Å². The summed E-state index contributed by atoms with van der Waals surface area (Å²) in [6.45, 7) is 16.5. The van der Waals surface area contributed by atoms with Gasteiger partial charge in [-0.05, 0) is 94.5 Å². The van der Waals surface area contributed by atoms with Crippen LogP contribution in [0.4, 0.5) is 22.7 Å². The number of anilines is 4. The molecule has 0 aliphatic heterocycles. The molecule has 8 nitrogen and oxygen atoms in total. The van der Waals surface area contributed by atoms with E-state index in [1.807, 2.05) is 72.8 Å². The van der Waals surface area contributed by atoms with E-state index in [-0.39, 0.29) is 36.5 Å². The molecule has 0 saturated heterocycles. The van der Waals surface area contributed by atoms with Crippen LogP contribution in [0.25, 0.3) is 0 Å². The van der Waals surface area contributed by atoms with Gasteiger partial charge in [0.2, 0.25) is 23.6 Å². The van der Waals surface area contributed by atoms with Crippen molar-refractivity contribution in [1.29, 1.82) is 0 Å². The number of rotatable bonds is 15. The molecular formula is C44H54N4O4. The van der Waals surface area contributed by atoms with Crippen molar-refractivity contribution in [3.05, 3.63) is 119 Å². The lowest BCUT2D eigenvalue weighted by Crippen LogP contribution is -2.40. The van der Waals surface area contributed by atoms with Crippen molar-refractivity contribution in [2.75, 3.05) is 21.3 Å². The molecule has 0 aliphatic rings. The third-order valence-electron chi connectivity index (χ3n) is 9.29. The van der Waals surface area contributed by atoms with Gasteiger partial charge in [0.05, 0.1) is 11.8 Å². The molecule has 0 aromatic heterocycles. The van der Waals surface area contributed by atoms with Gasteiger partial charge in [-0.1, -0.05) is 104 Å². The lowest BCUT2D eigenvalue weighted by atomic mass is 9.84. The van der Waals surface area contributed by atoms with E-state index in [0.29, 0.717) is 22.7 Å². The van der Waals surface area contributed by atoms with Crippen LogP contribution in [0.15, 0.2) is 97.1 Å². The standard InChI is InChI=1S/C44H54N4O4/c1-27(2)31-13-9-17-35(21-31)45-41(49)25-39(43(51)47-37-19-11-15-33(23-37)29(5)6)40(44(52)48-38-20-12-16-34(24-38)30(7)8)26-42(50)46-36-18-10-14-32(22-36)28(3)4/h9-24,27-30,39-40H,25-26H2,1-8H3,(H,45,49)(H,46,50)(H,47,51)(H,48,52).